The third-order valence-corrected chi connectivity index (χ3v) is 8.44. The zero-order valence-corrected chi connectivity index (χ0v) is 26.4. The van der Waals surface area contributed by atoms with Gasteiger partial charge in [-0.2, -0.15) is 13.2 Å². The molecule has 2 aliphatic rings. The van der Waals surface area contributed by atoms with Crippen molar-refractivity contribution in [3.05, 3.63) is 89.6 Å². The number of alkyl halides is 3. The Morgan fingerprint density at radius 3 is 2.44 bits per heavy atom. The van der Waals surface area contributed by atoms with Crippen LogP contribution in [-0.2, 0) is 31.8 Å². The molecule has 14 heteroatoms. The largest absolute Gasteiger partial charge is 0.481 e. The summed E-state index contributed by atoms with van der Waals surface area (Å²) in [6, 6.07) is 16.7. The van der Waals surface area contributed by atoms with Crippen LogP contribution in [0.1, 0.15) is 34.3 Å². The molecule has 256 valence electrons. The number of halogens is 3. The second-order valence-corrected chi connectivity index (χ2v) is 11.7. The van der Waals surface area contributed by atoms with Crippen LogP contribution < -0.4 is 20.3 Å². The molecule has 1 aromatic heterocycles. The van der Waals surface area contributed by atoms with Gasteiger partial charge in [-0.05, 0) is 42.7 Å². The second-order valence-electron chi connectivity index (χ2n) is 11.7. The van der Waals surface area contributed by atoms with Gasteiger partial charge in [0.05, 0.1) is 43.2 Å². The summed E-state index contributed by atoms with van der Waals surface area (Å²) >= 11 is 0. The predicted octanol–water partition coefficient (Wildman–Crippen LogP) is 3.44. The molecule has 2 saturated heterocycles. The summed E-state index contributed by atoms with van der Waals surface area (Å²) in [6.07, 6.45) is -1.65. The third-order valence-electron chi connectivity index (χ3n) is 8.44. The number of ether oxygens (including phenoxy) is 3. The highest BCUT2D eigenvalue weighted by Gasteiger charge is 2.39. The Labute approximate surface area is 276 Å². The molecule has 0 radical (unpaired) electrons. The molecule has 2 aliphatic heterocycles. The number of rotatable bonds is 12. The number of pyridine rings is 1. The van der Waals surface area contributed by atoms with E-state index in [1.54, 1.807) is 13.3 Å². The average Bonchev–Trinajstić information content (AvgIpc) is 3.51. The van der Waals surface area contributed by atoms with Crippen LogP contribution in [0.15, 0.2) is 72.9 Å². The Morgan fingerprint density at radius 1 is 0.979 bits per heavy atom. The molecule has 11 nitrogen and oxygen atoms in total. The number of esters is 1. The van der Waals surface area contributed by atoms with Gasteiger partial charge in [0, 0.05) is 43.9 Å². The maximum Gasteiger partial charge on any atom is 0.416 e. The first-order valence-electron chi connectivity index (χ1n) is 15.6. The lowest BCUT2D eigenvalue weighted by Crippen LogP contribution is -2.48. The van der Waals surface area contributed by atoms with Gasteiger partial charge >= 0.3 is 12.1 Å². The molecular weight excluding hydrogens is 631 g/mol. The molecule has 0 bridgehead atoms. The van der Waals surface area contributed by atoms with Gasteiger partial charge in [0.1, 0.15) is 13.2 Å². The van der Waals surface area contributed by atoms with Crippen molar-refractivity contribution in [2.45, 2.75) is 43.8 Å². The van der Waals surface area contributed by atoms with Crippen LogP contribution in [-0.4, -0.2) is 92.3 Å². The third kappa shape index (κ3) is 9.44. The Bertz CT molecular complexity index is 1530. The molecule has 48 heavy (non-hydrogen) atoms. The number of carbonyl (C=O) groups is 3. The van der Waals surface area contributed by atoms with E-state index in [9.17, 15) is 27.6 Å². The Hall–Kier alpha value is -4.69. The minimum Gasteiger partial charge on any atom is -0.481 e. The lowest BCUT2D eigenvalue weighted by Gasteiger charge is -2.37. The molecule has 2 N–H and O–H groups in total. The monoisotopic (exact) mass is 669 g/mol. The number of methoxy groups -OCH3 is 1. The van der Waals surface area contributed by atoms with E-state index in [4.69, 9.17) is 14.2 Å². The number of aromatic nitrogens is 1. The molecule has 2 fully saturated rings. The van der Waals surface area contributed by atoms with E-state index in [0.717, 1.165) is 55.4 Å². The summed E-state index contributed by atoms with van der Waals surface area (Å²) in [5.41, 5.74) is 0.672. The maximum absolute atomic E-state index is 13.1. The molecule has 2 aromatic carbocycles. The number of nitrogens with one attached hydrogen (secondary N) is 2. The molecule has 5 rings (SSSR count). The smallest absolute Gasteiger partial charge is 0.416 e. The van der Waals surface area contributed by atoms with Crippen LogP contribution in [0, 0.1) is 0 Å². The van der Waals surface area contributed by atoms with Crippen molar-refractivity contribution in [1.29, 1.82) is 0 Å². The van der Waals surface area contributed by atoms with Gasteiger partial charge in [-0.25, -0.2) is 9.78 Å². The molecule has 2 amide bonds. The van der Waals surface area contributed by atoms with Crippen LogP contribution in [0.2, 0.25) is 0 Å². The number of hydrogen-bond acceptors (Lipinski definition) is 9. The van der Waals surface area contributed by atoms with E-state index < -0.39 is 48.2 Å². The fourth-order valence-electron chi connectivity index (χ4n) is 5.89. The number of likely N-dealkylation sites (tertiary alicyclic amines) is 1. The zero-order chi connectivity index (χ0) is 34.1. The lowest BCUT2D eigenvalue weighted by molar-refractivity contribution is -0.152. The average molecular weight is 670 g/mol. The van der Waals surface area contributed by atoms with Gasteiger partial charge in [-0.1, -0.05) is 36.4 Å². The SMILES string of the molecule is COc1ccc(N2CCC(N3C[C@H](NC(=O)CNC(=O)c4cccc(C(F)(F)F)c4)[C@@H](OCC(=O)OCc4ccccc4)C3)CC2)cn1. The minimum atomic E-state index is -4.60. The number of piperidine rings is 1. The van der Waals surface area contributed by atoms with Crippen LogP contribution in [0.25, 0.3) is 0 Å². The quantitative estimate of drug-likeness (QED) is 0.280. The molecule has 0 saturated carbocycles. The van der Waals surface area contributed by atoms with Crippen LogP contribution >= 0.6 is 0 Å². The van der Waals surface area contributed by atoms with Gasteiger partial charge in [0.2, 0.25) is 11.8 Å². The van der Waals surface area contributed by atoms with Crippen molar-refractivity contribution >= 4 is 23.5 Å². The number of benzene rings is 2. The summed E-state index contributed by atoms with van der Waals surface area (Å²) < 4.78 is 55.7. The van der Waals surface area contributed by atoms with E-state index >= 15 is 0 Å². The molecule has 0 spiro atoms. The Balaban J connectivity index is 1.17. The van der Waals surface area contributed by atoms with E-state index in [2.05, 4.69) is 25.4 Å². The topological polar surface area (TPSA) is 122 Å². The number of anilines is 1. The van der Waals surface area contributed by atoms with E-state index in [1.807, 2.05) is 42.5 Å². The summed E-state index contributed by atoms with van der Waals surface area (Å²) in [6.45, 7) is 1.84. The molecule has 3 aromatic rings. The van der Waals surface area contributed by atoms with Gasteiger partial charge in [-0.3, -0.25) is 14.5 Å². The van der Waals surface area contributed by atoms with E-state index in [-0.39, 0.29) is 24.8 Å². The Kier molecular flexibility index (Phi) is 11.5. The maximum atomic E-state index is 13.1. The highest BCUT2D eigenvalue weighted by Crippen LogP contribution is 2.30. The first-order valence-corrected chi connectivity index (χ1v) is 15.6. The fourth-order valence-corrected chi connectivity index (χ4v) is 5.89. The van der Waals surface area contributed by atoms with E-state index in [1.165, 1.54) is 6.07 Å². The van der Waals surface area contributed by atoms with Gasteiger partial charge in [-0.15, -0.1) is 0 Å². The van der Waals surface area contributed by atoms with Gasteiger partial charge in [0.15, 0.2) is 0 Å². The molecule has 2 atom stereocenters. The standard InChI is InChI=1S/C34H38F3N5O6/c1-46-31-11-10-27(17-38-31)41-14-12-26(13-15-41)42-19-28(29(20-42)47-22-32(44)48-21-23-6-3-2-4-7-23)40-30(43)18-39-33(45)24-8-5-9-25(16-24)34(35,36)37/h2-11,16-17,26,28-29H,12-15,18-22H2,1H3,(H,39,45)(H,40,43)/t28-,29-/m0/s1. The Morgan fingerprint density at radius 2 is 1.75 bits per heavy atom. The first-order chi connectivity index (χ1) is 23.1. The van der Waals surface area contributed by atoms with Crippen molar-refractivity contribution in [3.8, 4) is 5.88 Å². The lowest BCUT2D eigenvalue weighted by atomic mass is 10.0. The van der Waals surface area contributed by atoms with Crippen molar-refractivity contribution in [2.75, 3.05) is 51.3 Å². The second kappa shape index (κ2) is 15.9. The van der Waals surface area contributed by atoms with E-state index in [0.29, 0.717) is 19.0 Å². The fraction of sp³-hybridized carbons (Fsp3) is 0.412. The number of nitrogens with zero attached hydrogens (tertiary/aromatic N) is 3. The molecular formula is C34H38F3N5O6. The number of amides is 2. The molecule has 3 heterocycles. The molecule has 0 unspecified atom stereocenters. The summed E-state index contributed by atoms with van der Waals surface area (Å²) in [4.78, 5) is 46.8. The minimum absolute atomic E-state index is 0.105. The summed E-state index contributed by atoms with van der Waals surface area (Å²) in [5, 5.41) is 5.27. The predicted molar refractivity (Wildman–Crippen MR) is 169 cm³/mol. The van der Waals surface area contributed by atoms with Crippen molar-refractivity contribution in [3.63, 3.8) is 0 Å². The first kappa shape index (κ1) is 34.6. The zero-order valence-electron chi connectivity index (χ0n) is 26.4. The van der Waals surface area contributed by atoms with Crippen molar-refractivity contribution in [2.24, 2.45) is 0 Å². The highest BCUT2D eigenvalue weighted by atomic mass is 19.4. The summed E-state index contributed by atoms with van der Waals surface area (Å²) in [5.74, 6) is -1.34. The normalized spacial score (nSPS) is 18.7. The number of carbonyl (C=O) groups excluding carboxylic acids is 3. The van der Waals surface area contributed by atoms with Gasteiger partial charge in [0.25, 0.3) is 5.91 Å². The van der Waals surface area contributed by atoms with Crippen molar-refractivity contribution in [1.82, 2.24) is 20.5 Å². The van der Waals surface area contributed by atoms with Crippen molar-refractivity contribution < 1.29 is 41.8 Å². The van der Waals surface area contributed by atoms with Crippen LogP contribution in [0.5, 0.6) is 5.88 Å². The molecule has 0 aliphatic carbocycles. The van der Waals surface area contributed by atoms with Crippen LogP contribution in [0.3, 0.4) is 0 Å². The number of hydrogen-bond donors (Lipinski definition) is 2. The highest BCUT2D eigenvalue weighted by molar-refractivity contribution is 5.96. The van der Waals surface area contributed by atoms with Gasteiger partial charge < -0.3 is 29.7 Å². The van der Waals surface area contributed by atoms with Crippen LogP contribution in [0.4, 0.5) is 18.9 Å². The summed E-state index contributed by atoms with van der Waals surface area (Å²) in [7, 11) is 1.57.